The maximum Gasteiger partial charge on any atom is 0.119 e. The summed E-state index contributed by atoms with van der Waals surface area (Å²) in [5.41, 5.74) is 8.91. The smallest absolute Gasteiger partial charge is 0.119 e. The Bertz CT molecular complexity index is 410. The van der Waals surface area contributed by atoms with Crippen LogP contribution >= 0.6 is 0 Å². The fourth-order valence-electron chi connectivity index (χ4n) is 3.29. The molecule has 2 nitrogen and oxygen atoms in total. The third-order valence-corrected chi connectivity index (χ3v) is 4.44. The minimum absolute atomic E-state index is 0.212. The number of aryl methyl sites for hydroxylation is 1. The number of hydrogen-bond acceptors (Lipinski definition) is 2. The summed E-state index contributed by atoms with van der Waals surface area (Å²) >= 11 is 0. The van der Waals surface area contributed by atoms with Gasteiger partial charge in [0, 0.05) is 6.04 Å². The highest BCUT2D eigenvalue weighted by Crippen LogP contribution is 2.31. The van der Waals surface area contributed by atoms with Crippen molar-refractivity contribution in [2.24, 2.45) is 11.7 Å². The topological polar surface area (TPSA) is 35.2 Å². The van der Waals surface area contributed by atoms with Gasteiger partial charge < -0.3 is 10.5 Å². The van der Waals surface area contributed by atoms with E-state index in [2.05, 4.69) is 18.2 Å². The van der Waals surface area contributed by atoms with Gasteiger partial charge in [-0.1, -0.05) is 18.9 Å². The molecule has 0 spiro atoms. The fourth-order valence-corrected chi connectivity index (χ4v) is 3.29. The van der Waals surface area contributed by atoms with Crippen molar-refractivity contribution in [1.29, 1.82) is 0 Å². The van der Waals surface area contributed by atoms with Crippen LogP contribution in [0, 0.1) is 5.92 Å². The van der Waals surface area contributed by atoms with Gasteiger partial charge in [0.2, 0.25) is 0 Å². The van der Waals surface area contributed by atoms with Gasteiger partial charge in [0.15, 0.2) is 0 Å². The zero-order valence-corrected chi connectivity index (χ0v) is 11.0. The molecule has 0 heterocycles. The molecule has 3 rings (SSSR count). The molecule has 2 heteroatoms. The molecule has 2 aliphatic carbocycles. The monoisotopic (exact) mass is 245 g/mol. The molecule has 2 N–H and O–H groups in total. The van der Waals surface area contributed by atoms with Crippen LogP contribution in [0.1, 0.15) is 55.7 Å². The van der Waals surface area contributed by atoms with Gasteiger partial charge in [-0.05, 0) is 61.3 Å². The van der Waals surface area contributed by atoms with E-state index < -0.39 is 0 Å². The Balaban J connectivity index is 1.67. The lowest BCUT2D eigenvalue weighted by Gasteiger charge is -2.23. The molecular weight excluding hydrogens is 222 g/mol. The lowest BCUT2D eigenvalue weighted by molar-refractivity contribution is 0.251. The van der Waals surface area contributed by atoms with Crippen LogP contribution in [0.5, 0.6) is 5.75 Å². The van der Waals surface area contributed by atoms with Crippen LogP contribution in [0.25, 0.3) is 0 Å². The molecule has 0 radical (unpaired) electrons. The zero-order chi connectivity index (χ0) is 12.4. The molecule has 18 heavy (non-hydrogen) atoms. The molecule has 0 aromatic heterocycles. The summed E-state index contributed by atoms with van der Waals surface area (Å²) in [5.74, 6) is 1.78. The predicted molar refractivity (Wildman–Crippen MR) is 73.8 cm³/mol. The number of rotatable bonds is 3. The molecule has 1 fully saturated rings. The highest BCUT2D eigenvalue weighted by molar-refractivity contribution is 5.39. The summed E-state index contributed by atoms with van der Waals surface area (Å²) in [4.78, 5) is 0. The second kappa shape index (κ2) is 5.31. The van der Waals surface area contributed by atoms with Crippen LogP contribution in [-0.2, 0) is 6.42 Å². The van der Waals surface area contributed by atoms with E-state index >= 15 is 0 Å². The van der Waals surface area contributed by atoms with E-state index in [-0.39, 0.29) is 6.04 Å². The van der Waals surface area contributed by atoms with Crippen molar-refractivity contribution in [3.05, 3.63) is 29.3 Å². The second-order valence-corrected chi connectivity index (χ2v) is 5.82. The minimum Gasteiger partial charge on any atom is -0.493 e. The molecule has 0 amide bonds. The lowest BCUT2D eigenvalue weighted by Crippen LogP contribution is -2.17. The fraction of sp³-hybridized carbons (Fsp3) is 0.625. The highest BCUT2D eigenvalue weighted by Gasteiger charge is 2.18. The van der Waals surface area contributed by atoms with Crippen LogP contribution in [0.3, 0.4) is 0 Å². The molecule has 0 aliphatic heterocycles. The van der Waals surface area contributed by atoms with Gasteiger partial charge in [-0.3, -0.25) is 0 Å². The summed E-state index contributed by atoms with van der Waals surface area (Å²) in [6.45, 7) is 0.883. The van der Waals surface area contributed by atoms with E-state index in [1.165, 1.54) is 49.7 Å². The van der Waals surface area contributed by atoms with E-state index in [0.29, 0.717) is 0 Å². The molecule has 0 saturated heterocycles. The Morgan fingerprint density at radius 3 is 2.78 bits per heavy atom. The number of benzene rings is 1. The first kappa shape index (κ1) is 12.0. The molecular formula is C16H23NO. The number of hydrogen-bond donors (Lipinski definition) is 1. The molecule has 0 unspecified atom stereocenters. The highest BCUT2D eigenvalue weighted by atomic mass is 16.5. The van der Waals surface area contributed by atoms with E-state index in [0.717, 1.165) is 24.7 Å². The predicted octanol–water partition coefficient (Wildman–Crippen LogP) is 3.59. The maximum absolute atomic E-state index is 6.18. The van der Waals surface area contributed by atoms with Crippen LogP contribution in [0.4, 0.5) is 0 Å². The molecule has 1 saturated carbocycles. The van der Waals surface area contributed by atoms with Crippen molar-refractivity contribution in [3.63, 3.8) is 0 Å². The number of ether oxygens (including phenoxy) is 1. The van der Waals surface area contributed by atoms with E-state index in [1.54, 1.807) is 0 Å². The van der Waals surface area contributed by atoms with Crippen molar-refractivity contribution in [2.75, 3.05) is 6.61 Å². The van der Waals surface area contributed by atoms with E-state index in [9.17, 15) is 0 Å². The summed E-state index contributed by atoms with van der Waals surface area (Å²) in [7, 11) is 0. The first-order valence-electron chi connectivity index (χ1n) is 7.34. The quantitative estimate of drug-likeness (QED) is 0.883. The van der Waals surface area contributed by atoms with Gasteiger partial charge in [-0.15, -0.1) is 0 Å². The van der Waals surface area contributed by atoms with Crippen LogP contribution in [0.15, 0.2) is 18.2 Å². The van der Waals surface area contributed by atoms with Crippen molar-refractivity contribution in [2.45, 2.75) is 51.0 Å². The molecule has 2 aliphatic rings. The molecule has 1 aromatic carbocycles. The van der Waals surface area contributed by atoms with Gasteiger partial charge in [-0.2, -0.15) is 0 Å². The Hall–Kier alpha value is -1.02. The zero-order valence-electron chi connectivity index (χ0n) is 11.0. The number of fused-ring (bicyclic) bond motifs is 1. The van der Waals surface area contributed by atoms with Gasteiger partial charge in [0.05, 0.1) is 6.61 Å². The van der Waals surface area contributed by atoms with Gasteiger partial charge in [-0.25, -0.2) is 0 Å². The normalized spacial score (nSPS) is 23.9. The first-order valence-corrected chi connectivity index (χ1v) is 7.34. The van der Waals surface area contributed by atoms with E-state index in [1.807, 2.05) is 0 Å². The Morgan fingerprint density at radius 1 is 1.11 bits per heavy atom. The van der Waals surface area contributed by atoms with Crippen LogP contribution in [-0.4, -0.2) is 6.61 Å². The Morgan fingerprint density at radius 2 is 1.94 bits per heavy atom. The van der Waals surface area contributed by atoms with Gasteiger partial charge >= 0.3 is 0 Å². The molecule has 1 aromatic rings. The van der Waals surface area contributed by atoms with Crippen LogP contribution in [0.2, 0.25) is 0 Å². The third-order valence-electron chi connectivity index (χ3n) is 4.44. The minimum atomic E-state index is 0.212. The molecule has 98 valence electrons. The average Bonchev–Trinajstić information content (AvgIpc) is 2.90. The average molecular weight is 245 g/mol. The van der Waals surface area contributed by atoms with Crippen molar-refractivity contribution >= 4 is 0 Å². The summed E-state index contributed by atoms with van der Waals surface area (Å²) < 4.78 is 5.95. The van der Waals surface area contributed by atoms with Crippen molar-refractivity contribution in [3.8, 4) is 5.75 Å². The summed E-state index contributed by atoms with van der Waals surface area (Å²) in [5, 5.41) is 0. The van der Waals surface area contributed by atoms with Crippen molar-refractivity contribution < 1.29 is 4.74 Å². The second-order valence-electron chi connectivity index (χ2n) is 5.82. The SMILES string of the molecule is N[C@@H]1CCCc2ccc(OCC3CCCC3)cc21. The maximum atomic E-state index is 6.18. The summed E-state index contributed by atoms with van der Waals surface area (Å²) in [6.07, 6.45) is 8.93. The Kier molecular flexibility index (Phi) is 3.55. The number of nitrogens with two attached hydrogens (primary N) is 1. The van der Waals surface area contributed by atoms with Crippen molar-refractivity contribution in [1.82, 2.24) is 0 Å². The largest absolute Gasteiger partial charge is 0.493 e. The van der Waals surface area contributed by atoms with Gasteiger partial charge in [0.1, 0.15) is 5.75 Å². The molecule has 1 atom stereocenters. The standard InChI is InChI=1S/C16H23NO/c17-16-7-3-6-13-8-9-14(10-15(13)16)18-11-12-4-1-2-5-12/h8-10,12,16H,1-7,11,17H2/t16-/m1/s1. The van der Waals surface area contributed by atoms with Gasteiger partial charge in [0.25, 0.3) is 0 Å². The summed E-state index contributed by atoms with van der Waals surface area (Å²) in [6, 6.07) is 6.71. The first-order chi connectivity index (χ1) is 8.83. The molecule has 0 bridgehead atoms. The van der Waals surface area contributed by atoms with Crippen LogP contribution < -0.4 is 10.5 Å². The third kappa shape index (κ3) is 2.54. The Labute approximate surface area is 110 Å². The van der Waals surface area contributed by atoms with E-state index in [4.69, 9.17) is 10.5 Å². The lowest BCUT2D eigenvalue weighted by atomic mass is 9.88.